The van der Waals surface area contributed by atoms with E-state index in [0.717, 1.165) is 0 Å². The normalized spacial score (nSPS) is 10.2. The van der Waals surface area contributed by atoms with Crippen LogP contribution in [0.5, 0.6) is 0 Å². The smallest absolute Gasteiger partial charge is 0.338 e. The first-order valence-electron chi connectivity index (χ1n) is 5.79. The molecule has 19 heavy (non-hydrogen) atoms. The van der Waals surface area contributed by atoms with Crippen molar-refractivity contribution < 1.29 is 29.3 Å². The highest BCUT2D eigenvalue weighted by Crippen LogP contribution is 2.07. The Morgan fingerprint density at radius 1 is 0.947 bits per heavy atom. The molecular weight excluding hydrogens is 252 g/mol. The quantitative estimate of drug-likeness (QED) is 0.392. The van der Waals surface area contributed by atoms with Gasteiger partial charge in [0, 0.05) is 5.56 Å². The van der Waals surface area contributed by atoms with Crippen molar-refractivity contribution in [2.75, 3.05) is 33.0 Å². The van der Waals surface area contributed by atoms with E-state index in [1.54, 1.807) is 0 Å². The predicted molar refractivity (Wildman–Crippen MR) is 66.0 cm³/mol. The van der Waals surface area contributed by atoms with Crippen molar-refractivity contribution in [1.29, 1.82) is 0 Å². The molecule has 1 aromatic carbocycles. The first-order valence-corrected chi connectivity index (χ1v) is 5.79. The van der Waals surface area contributed by atoms with E-state index in [0.29, 0.717) is 11.1 Å². The number of carbonyl (C=O) groups is 2. The summed E-state index contributed by atoms with van der Waals surface area (Å²) in [5.41, 5.74) is 0.720. The van der Waals surface area contributed by atoms with Gasteiger partial charge in [0.25, 0.3) is 0 Å². The molecule has 6 nitrogen and oxygen atoms in total. The number of rotatable bonds is 8. The van der Waals surface area contributed by atoms with Crippen LogP contribution in [0.25, 0.3) is 0 Å². The highest BCUT2D eigenvalue weighted by Gasteiger charge is 2.09. The van der Waals surface area contributed by atoms with Crippen molar-refractivity contribution >= 4 is 11.8 Å². The lowest BCUT2D eigenvalue weighted by Crippen LogP contribution is -2.12. The Morgan fingerprint density at radius 2 is 1.53 bits per heavy atom. The third kappa shape index (κ3) is 5.17. The van der Waals surface area contributed by atoms with Gasteiger partial charge in [-0.05, 0) is 12.1 Å². The number of ether oxygens (including phenoxy) is 2. The summed E-state index contributed by atoms with van der Waals surface area (Å²) >= 11 is 0. The van der Waals surface area contributed by atoms with Crippen molar-refractivity contribution in [2.45, 2.75) is 0 Å². The van der Waals surface area contributed by atoms with Crippen molar-refractivity contribution in [3.05, 3.63) is 35.4 Å². The Kier molecular flexibility index (Phi) is 6.73. The number of hydrogen-bond acceptors (Lipinski definition) is 6. The number of hydrogen-bond donors (Lipinski definition) is 2. The summed E-state index contributed by atoms with van der Waals surface area (Å²) in [6.45, 7) is -0.436. The molecule has 0 aliphatic rings. The average Bonchev–Trinajstić information content (AvgIpc) is 2.45. The molecule has 0 aromatic heterocycles. The maximum atomic E-state index is 11.6. The first kappa shape index (κ1) is 15.3. The SMILES string of the molecule is O=C(COCCO)c1ccc(C(=O)OCCO)cc1. The Morgan fingerprint density at radius 3 is 2.11 bits per heavy atom. The van der Waals surface area contributed by atoms with Crippen LogP contribution in [0.2, 0.25) is 0 Å². The third-order valence-electron chi connectivity index (χ3n) is 2.24. The van der Waals surface area contributed by atoms with Gasteiger partial charge in [-0.3, -0.25) is 4.79 Å². The molecule has 0 saturated heterocycles. The molecule has 1 aromatic rings. The molecule has 1 rings (SSSR count). The van der Waals surface area contributed by atoms with Crippen LogP contribution < -0.4 is 0 Å². The van der Waals surface area contributed by atoms with E-state index in [1.807, 2.05) is 0 Å². The molecule has 2 N–H and O–H groups in total. The van der Waals surface area contributed by atoms with Crippen LogP contribution in [0.4, 0.5) is 0 Å². The number of ketones is 1. The maximum absolute atomic E-state index is 11.6. The number of carbonyl (C=O) groups excluding carboxylic acids is 2. The molecule has 104 valence electrons. The summed E-state index contributed by atoms with van der Waals surface area (Å²) in [6, 6.07) is 5.94. The number of Topliss-reactive ketones (excluding diaryl/α,β-unsaturated/α-hetero) is 1. The van der Waals surface area contributed by atoms with Gasteiger partial charge >= 0.3 is 5.97 Å². The lowest BCUT2D eigenvalue weighted by molar-refractivity contribution is 0.0433. The minimum atomic E-state index is -0.551. The van der Waals surface area contributed by atoms with Gasteiger partial charge < -0.3 is 19.7 Å². The van der Waals surface area contributed by atoms with E-state index in [4.69, 9.17) is 19.7 Å². The van der Waals surface area contributed by atoms with Gasteiger partial charge in [0.15, 0.2) is 5.78 Å². The van der Waals surface area contributed by atoms with Gasteiger partial charge in [0.05, 0.1) is 25.4 Å². The molecule has 0 heterocycles. The second-order valence-electron chi connectivity index (χ2n) is 3.64. The van der Waals surface area contributed by atoms with Crippen LogP contribution in [0.3, 0.4) is 0 Å². The Hall–Kier alpha value is -1.76. The fraction of sp³-hybridized carbons (Fsp3) is 0.385. The number of esters is 1. The minimum absolute atomic E-state index is 0.0610. The van der Waals surface area contributed by atoms with E-state index in [1.165, 1.54) is 24.3 Å². The van der Waals surface area contributed by atoms with Crippen molar-refractivity contribution in [2.24, 2.45) is 0 Å². The van der Waals surface area contributed by atoms with E-state index < -0.39 is 5.97 Å². The standard InChI is InChI=1S/C13H16O6/c14-5-7-18-9-12(16)10-1-3-11(4-2-10)13(17)19-8-6-15/h1-4,14-15H,5-9H2. The molecule has 0 unspecified atom stereocenters. The zero-order chi connectivity index (χ0) is 14.1. The van der Waals surface area contributed by atoms with Crippen LogP contribution in [0.15, 0.2) is 24.3 Å². The summed E-state index contributed by atoms with van der Waals surface area (Å²) in [6.07, 6.45) is 0. The molecule has 6 heteroatoms. The lowest BCUT2D eigenvalue weighted by Gasteiger charge is -2.04. The second kappa shape index (κ2) is 8.36. The van der Waals surface area contributed by atoms with Crippen LogP contribution >= 0.6 is 0 Å². The van der Waals surface area contributed by atoms with Gasteiger partial charge in [-0.15, -0.1) is 0 Å². The zero-order valence-corrected chi connectivity index (χ0v) is 10.4. The third-order valence-corrected chi connectivity index (χ3v) is 2.24. The minimum Gasteiger partial charge on any atom is -0.460 e. The Balaban J connectivity index is 2.55. The summed E-state index contributed by atoms with van der Waals surface area (Å²) in [5, 5.41) is 17.0. The van der Waals surface area contributed by atoms with E-state index in [-0.39, 0.29) is 38.8 Å². The highest BCUT2D eigenvalue weighted by atomic mass is 16.5. The van der Waals surface area contributed by atoms with Crippen LogP contribution in [-0.2, 0) is 9.47 Å². The molecule has 0 aliphatic heterocycles. The Bertz CT molecular complexity index is 412. The molecule has 0 saturated carbocycles. The average molecular weight is 268 g/mol. The van der Waals surface area contributed by atoms with Crippen molar-refractivity contribution in [3.8, 4) is 0 Å². The summed E-state index contributed by atoms with van der Waals surface area (Å²) in [5.74, 6) is -0.784. The summed E-state index contributed by atoms with van der Waals surface area (Å²) < 4.78 is 9.64. The molecule has 0 fully saturated rings. The topological polar surface area (TPSA) is 93.1 Å². The maximum Gasteiger partial charge on any atom is 0.338 e. The van der Waals surface area contributed by atoms with E-state index in [2.05, 4.69) is 0 Å². The largest absolute Gasteiger partial charge is 0.460 e. The zero-order valence-electron chi connectivity index (χ0n) is 10.4. The fourth-order valence-electron chi connectivity index (χ4n) is 1.33. The fourth-order valence-corrected chi connectivity index (χ4v) is 1.33. The molecule has 0 radical (unpaired) electrons. The van der Waals surface area contributed by atoms with E-state index >= 15 is 0 Å². The second-order valence-corrected chi connectivity index (χ2v) is 3.64. The van der Waals surface area contributed by atoms with Crippen molar-refractivity contribution in [3.63, 3.8) is 0 Å². The molecular formula is C13H16O6. The number of benzene rings is 1. The van der Waals surface area contributed by atoms with Gasteiger partial charge in [0.2, 0.25) is 0 Å². The molecule has 0 bridgehead atoms. The van der Waals surface area contributed by atoms with Gasteiger partial charge in [-0.2, -0.15) is 0 Å². The predicted octanol–water partition coefficient (Wildman–Crippen LogP) is 0.0273. The first-order chi connectivity index (χ1) is 9.19. The molecule has 0 spiro atoms. The van der Waals surface area contributed by atoms with Crippen LogP contribution in [0.1, 0.15) is 20.7 Å². The van der Waals surface area contributed by atoms with Crippen molar-refractivity contribution in [1.82, 2.24) is 0 Å². The number of aliphatic hydroxyl groups excluding tert-OH is 2. The molecule has 0 atom stereocenters. The Labute approximate surface area is 110 Å². The monoisotopic (exact) mass is 268 g/mol. The summed E-state index contributed by atoms with van der Waals surface area (Å²) in [7, 11) is 0. The van der Waals surface area contributed by atoms with Gasteiger partial charge in [0.1, 0.15) is 13.2 Å². The highest BCUT2D eigenvalue weighted by molar-refractivity contribution is 5.98. The van der Waals surface area contributed by atoms with E-state index in [9.17, 15) is 9.59 Å². The van der Waals surface area contributed by atoms with Gasteiger partial charge in [-0.25, -0.2) is 4.79 Å². The molecule has 0 amide bonds. The van der Waals surface area contributed by atoms with Gasteiger partial charge in [-0.1, -0.05) is 12.1 Å². The van der Waals surface area contributed by atoms with Crippen LogP contribution in [0, 0.1) is 0 Å². The van der Waals surface area contributed by atoms with Crippen LogP contribution in [-0.4, -0.2) is 55.0 Å². The number of aliphatic hydroxyl groups is 2. The lowest BCUT2D eigenvalue weighted by atomic mass is 10.1. The summed E-state index contributed by atoms with van der Waals surface area (Å²) in [4.78, 5) is 23.0. The molecule has 0 aliphatic carbocycles.